The van der Waals surface area contributed by atoms with Crippen molar-refractivity contribution in [3.63, 3.8) is 0 Å². The van der Waals surface area contributed by atoms with Gasteiger partial charge in [-0.25, -0.2) is 0 Å². The molecular formula is C19H23F3N4O2. The number of rotatable bonds is 5. The number of alkyl halides is 3. The number of aromatic nitrogens is 2. The molecule has 6 nitrogen and oxygen atoms in total. The number of nitrogens with zero attached hydrogens (tertiary/aromatic N) is 3. The molecule has 1 aliphatic rings. The fraction of sp³-hybridized carbons (Fsp3) is 0.474. The molecule has 1 amide bonds. The summed E-state index contributed by atoms with van der Waals surface area (Å²) in [4.78, 5) is 14.6. The summed E-state index contributed by atoms with van der Waals surface area (Å²) in [5.74, 6) is -0.421. The number of likely N-dealkylation sites (tertiary alicyclic amines) is 1. The molecule has 28 heavy (non-hydrogen) atoms. The van der Waals surface area contributed by atoms with Gasteiger partial charge in [0.15, 0.2) is 0 Å². The minimum Gasteiger partial charge on any atom is -0.406 e. The first-order valence-corrected chi connectivity index (χ1v) is 9.08. The van der Waals surface area contributed by atoms with Gasteiger partial charge in [0.05, 0.1) is 0 Å². The molecule has 1 aromatic heterocycles. The van der Waals surface area contributed by atoms with E-state index in [-0.39, 0.29) is 17.7 Å². The standard InChI is InChI=1S/C19H23F3N4O2/c1-13-10-17(24-25(13)2)18(27)23-15-4-3-9-26(12-15)11-14-5-7-16(8-6-14)28-19(20,21)22/h5-8,10,15H,3-4,9,11-12H2,1-2H3,(H,23,27). The van der Waals surface area contributed by atoms with Gasteiger partial charge in [-0.2, -0.15) is 5.10 Å². The highest BCUT2D eigenvalue weighted by Gasteiger charge is 2.31. The van der Waals surface area contributed by atoms with Crippen molar-refractivity contribution in [3.05, 3.63) is 47.3 Å². The van der Waals surface area contributed by atoms with Crippen LogP contribution in [-0.4, -0.2) is 46.1 Å². The molecule has 9 heteroatoms. The molecule has 0 aliphatic carbocycles. The average Bonchev–Trinajstić information content (AvgIpc) is 2.95. The number of hydrogen-bond donors (Lipinski definition) is 1. The molecule has 1 saturated heterocycles. The van der Waals surface area contributed by atoms with Crippen molar-refractivity contribution in [1.29, 1.82) is 0 Å². The van der Waals surface area contributed by atoms with Crippen molar-refractivity contribution in [2.24, 2.45) is 7.05 Å². The van der Waals surface area contributed by atoms with Gasteiger partial charge in [0.1, 0.15) is 11.4 Å². The Morgan fingerprint density at radius 3 is 2.64 bits per heavy atom. The SMILES string of the molecule is Cc1cc(C(=O)NC2CCCN(Cc3ccc(OC(F)(F)F)cc3)C2)nn1C. The highest BCUT2D eigenvalue weighted by Crippen LogP contribution is 2.23. The molecule has 1 fully saturated rings. The van der Waals surface area contributed by atoms with Crippen molar-refractivity contribution in [1.82, 2.24) is 20.0 Å². The summed E-state index contributed by atoms with van der Waals surface area (Å²) in [7, 11) is 1.79. The maximum absolute atomic E-state index is 12.4. The second kappa shape index (κ2) is 8.22. The molecule has 0 saturated carbocycles. The quantitative estimate of drug-likeness (QED) is 0.844. The van der Waals surface area contributed by atoms with Crippen LogP contribution in [0.3, 0.4) is 0 Å². The van der Waals surface area contributed by atoms with E-state index < -0.39 is 6.36 Å². The fourth-order valence-corrected chi connectivity index (χ4v) is 3.30. The van der Waals surface area contributed by atoms with Crippen molar-refractivity contribution in [3.8, 4) is 5.75 Å². The van der Waals surface area contributed by atoms with Crippen LogP contribution in [0.15, 0.2) is 30.3 Å². The number of amides is 1. The minimum atomic E-state index is -4.69. The second-order valence-electron chi connectivity index (χ2n) is 7.03. The zero-order chi connectivity index (χ0) is 20.3. The highest BCUT2D eigenvalue weighted by atomic mass is 19.4. The lowest BCUT2D eigenvalue weighted by molar-refractivity contribution is -0.274. The van der Waals surface area contributed by atoms with Gasteiger partial charge in [0, 0.05) is 31.9 Å². The lowest BCUT2D eigenvalue weighted by Crippen LogP contribution is -2.47. The zero-order valence-electron chi connectivity index (χ0n) is 15.8. The summed E-state index contributed by atoms with van der Waals surface area (Å²) in [5, 5.41) is 7.22. The average molecular weight is 396 g/mol. The van der Waals surface area contributed by atoms with Crippen LogP contribution in [0.4, 0.5) is 13.2 Å². The summed E-state index contributed by atoms with van der Waals surface area (Å²) in [6, 6.07) is 7.64. The van der Waals surface area contributed by atoms with E-state index in [4.69, 9.17) is 0 Å². The number of ether oxygens (including phenoxy) is 1. The molecule has 0 bridgehead atoms. The summed E-state index contributed by atoms with van der Waals surface area (Å²) < 4.78 is 42.3. The Kier molecular flexibility index (Phi) is 5.93. The smallest absolute Gasteiger partial charge is 0.406 e. The van der Waals surface area contributed by atoms with Crippen LogP contribution >= 0.6 is 0 Å². The molecule has 1 N–H and O–H groups in total. The molecule has 2 aromatic rings. The van der Waals surface area contributed by atoms with Crippen molar-refractivity contribution >= 4 is 5.91 Å². The van der Waals surface area contributed by atoms with Gasteiger partial charge < -0.3 is 10.1 Å². The Morgan fingerprint density at radius 1 is 1.32 bits per heavy atom. The molecule has 1 aliphatic heterocycles. The second-order valence-corrected chi connectivity index (χ2v) is 7.03. The Hall–Kier alpha value is -2.55. The Bertz CT molecular complexity index is 798. The van der Waals surface area contributed by atoms with Crippen LogP contribution in [0, 0.1) is 6.92 Å². The van der Waals surface area contributed by atoms with Crippen molar-refractivity contribution in [2.45, 2.75) is 38.7 Å². The highest BCUT2D eigenvalue weighted by molar-refractivity contribution is 5.92. The monoisotopic (exact) mass is 396 g/mol. The summed E-state index contributed by atoms with van der Waals surface area (Å²) in [6.45, 7) is 4.03. The van der Waals surface area contributed by atoms with E-state index in [0.29, 0.717) is 18.8 Å². The van der Waals surface area contributed by atoms with Crippen LogP contribution in [0.2, 0.25) is 0 Å². The Labute approximate surface area is 161 Å². The number of aryl methyl sites for hydroxylation is 2. The van der Waals surface area contributed by atoms with E-state index in [1.54, 1.807) is 29.9 Å². The fourth-order valence-electron chi connectivity index (χ4n) is 3.30. The van der Waals surface area contributed by atoms with E-state index in [1.807, 2.05) is 6.92 Å². The van der Waals surface area contributed by atoms with Gasteiger partial charge in [0.25, 0.3) is 5.91 Å². The maximum atomic E-state index is 12.4. The number of piperidine rings is 1. The Balaban J connectivity index is 1.54. The summed E-state index contributed by atoms with van der Waals surface area (Å²) >= 11 is 0. The third kappa shape index (κ3) is 5.48. The first kappa shape index (κ1) is 20.2. The molecule has 2 heterocycles. The maximum Gasteiger partial charge on any atom is 0.573 e. The van der Waals surface area contributed by atoms with Gasteiger partial charge in [-0.05, 0) is 50.1 Å². The number of nitrogens with one attached hydrogen (secondary N) is 1. The molecule has 1 atom stereocenters. The number of hydrogen-bond acceptors (Lipinski definition) is 4. The summed E-state index contributed by atoms with van der Waals surface area (Å²) in [6.07, 6.45) is -2.88. The van der Waals surface area contributed by atoms with E-state index in [1.165, 1.54) is 12.1 Å². The third-order valence-corrected chi connectivity index (χ3v) is 4.75. The van der Waals surface area contributed by atoms with Gasteiger partial charge in [-0.15, -0.1) is 13.2 Å². The molecule has 0 radical (unpaired) electrons. The predicted molar refractivity (Wildman–Crippen MR) is 96.8 cm³/mol. The van der Waals surface area contributed by atoms with Gasteiger partial charge >= 0.3 is 6.36 Å². The topological polar surface area (TPSA) is 59.4 Å². The minimum absolute atomic E-state index is 0.0106. The lowest BCUT2D eigenvalue weighted by atomic mass is 10.0. The normalized spacial score (nSPS) is 18.1. The van der Waals surface area contributed by atoms with Crippen LogP contribution in [0.25, 0.3) is 0 Å². The Morgan fingerprint density at radius 2 is 2.04 bits per heavy atom. The molecule has 0 spiro atoms. The first-order chi connectivity index (χ1) is 13.2. The van der Waals surface area contributed by atoms with Crippen LogP contribution in [-0.2, 0) is 13.6 Å². The van der Waals surface area contributed by atoms with Crippen LogP contribution < -0.4 is 10.1 Å². The third-order valence-electron chi connectivity index (χ3n) is 4.75. The number of carbonyl (C=O) groups excluding carboxylic acids is 1. The number of halogens is 3. The van der Waals surface area contributed by atoms with E-state index in [9.17, 15) is 18.0 Å². The molecule has 3 rings (SSSR count). The largest absolute Gasteiger partial charge is 0.573 e. The molecule has 1 aromatic carbocycles. The van der Waals surface area contributed by atoms with Gasteiger partial charge in [-0.1, -0.05) is 12.1 Å². The van der Waals surface area contributed by atoms with Crippen LogP contribution in [0.1, 0.15) is 34.6 Å². The van der Waals surface area contributed by atoms with Crippen molar-refractivity contribution < 1.29 is 22.7 Å². The van der Waals surface area contributed by atoms with Crippen LogP contribution in [0.5, 0.6) is 5.75 Å². The molecule has 1 unspecified atom stereocenters. The number of benzene rings is 1. The van der Waals surface area contributed by atoms with Gasteiger partial charge in [0.2, 0.25) is 0 Å². The number of carbonyl (C=O) groups is 1. The van der Waals surface area contributed by atoms with E-state index in [0.717, 1.165) is 30.6 Å². The first-order valence-electron chi connectivity index (χ1n) is 9.08. The van der Waals surface area contributed by atoms with Gasteiger partial charge in [-0.3, -0.25) is 14.4 Å². The van der Waals surface area contributed by atoms with Crippen molar-refractivity contribution in [2.75, 3.05) is 13.1 Å². The predicted octanol–water partition coefficient (Wildman–Crippen LogP) is 3.02. The molecule has 152 valence electrons. The summed E-state index contributed by atoms with van der Waals surface area (Å²) in [5.41, 5.74) is 2.20. The lowest BCUT2D eigenvalue weighted by Gasteiger charge is -2.33. The van der Waals surface area contributed by atoms with E-state index >= 15 is 0 Å². The zero-order valence-corrected chi connectivity index (χ0v) is 15.8. The van der Waals surface area contributed by atoms with E-state index in [2.05, 4.69) is 20.1 Å². The molecular weight excluding hydrogens is 373 g/mol.